The first-order valence-corrected chi connectivity index (χ1v) is 17.0. The van der Waals surface area contributed by atoms with Crippen LogP contribution in [-0.4, -0.2) is 19.5 Å². The lowest BCUT2D eigenvalue weighted by Gasteiger charge is -2.20. The second-order valence-electron chi connectivity index (χ2n) is 13.2. The van der Waals surface area contributed by atoms with Crippen molar-refractivity contribution >= 4 is 65.7 Å². The van der Waals surface area contributed by atoms with Gasteiger partial charge in [0.05, 0.1) is 16.6 Å². The van der Waals surface area contributed by atoms with Crippen LogP contribution in [0.15, 0.2) is 155 Å². The Kier molecular flexibility index (Phi) is 5.78. The van der Waals surface area contributed by atoms with Gasteiger partial charge in [-0.05, 0) is 77.9 Å². The average molecular weight is 657 g/mol. The Balaban J connectivity index is 1.40. The minimum absolute atomic E-state index is 0.747. The molecule has 11 rings (SSSR count). The molecule has 1 N–H and O–H groups in total. The van der Waals surface area contributed by atoms with Gasteiger partial charge in [-0.25, -0.2) is 4.98 Å². The summed E-state index contributed by atoms with van der Waals surface area (Å²) in [5.41, 5.74) is 12.3. The SMILES string of the molecule is Cn1ccc2cc(-c3c(-c4ccc5ncccc5c4)c(-c4nc5ccccc5[nH]4)c(-c4cc5ccccc5o4)c4c3oc3ccccc34)ccc21. The van der Waals surface area contributed by atoms with Gasteiger partial charge in [-0.3, -0.25) is 4.98 Å². The summed E-state index contributed by atoms with van der Waals surface area (Å²) in [6.07, 6.45) is 3.94. The Bertz CT molecular complexity index is 3110. The Morgan fingerprint density at radius 2 is 1.37 bits per heavy atom. The number of nitrogens with zero attached hydrogens (tertiary/aromatic N) is 3. The first-order valence-electron chi connectivity index (χ1n) is 17.0. The Hall–Kier alpha value is -6.92. The van der Waals surface area contributed by atoms with E-state index in [2.05, 4.69) is 107 Å². The third kappa shape index (κ3) is 4.17. The topological polar surface area (TPSA) is 72.8 Å². The zero-order chi connectivity index (χ0) is 33.6. The van der Waals surface area contributed by atoms with Crippen molar-refractivity contribution in [2.45, 2.75) is 0 Å². The van der Waals surface area contributed by atoms with E-state index in [0.29, 0.717) is 0 Å². The highest BCUT2D eigenvalue weighted by atomic mass is 16.3. The molecule has 6 nitrogen and oxygen atoms in total. The molecule has 6 aromatic carbocycles. The Labute approximate surface area is 291 Å². The number of aryl methyl sites for hydroxylation is 1. The van der Waals surface area contributed by atoms with Crippen molar-refractivity contribution in [3.05, 3.63) is 146 Å². The molecule has 0 aliphatic heterocycles. The molecular formula is C45H28N4O2. The summed E-state index contributed by atoms with van der Waals surface area (Å²) in [6, 6.07) is 46.2. The maximum atomic E-state index is 7.00. The molecule has 5 aromatic heterocycles. The van der Waals surface area contributed by atoms with Crippen LogP contribution in [0.5, 0.6) is 0 Å². The molecule has 240 valence electrons. The van der Waals surface area contributed by atoms with Crippen molar-refractivity contribution < 1.29 is 8.83 Å². The Morgan fingerprint density at radius 1 is 0.588 bits per heavy atom. The molecule has 0 bridgehead atoms. The van der Waals surface area contributed by atoms with Gasteiger partial charge in [0.2, 0.25) is 0 Å². The van der Waals surface area contributed by atoms with Gasteiger partial charge in [0.25, 0.3) is 0 Å². The lowest BCUT2D eigenvalue weighted by molar-refractivity contribution is 0.632. The van der Waals surface area contributed by atoms with Gasteiger partial charge in [0, 0.05) is 74.1 Å². The van der Waals surface area contributed by atoms with Gasteiger partial charge in [0.15, 0.2) is 0 Å². The third-order valence-corrected chi connectivity index (χ3v) is 10.2. The molecule has 0 atom stereocenters. The minimum Gasteiger partial charge on any atom is -0.456 e. The normalized spacial score (nSPS) is 12.0. The number of aromatic nitrogens is 4. The van der Waals surface area contributed by atoms with Crippen LogP contribution in [0.1, 0.15) is 0 Å². The van der Waals surface area contributed by atoms with Crippen LogP contribution in [0.25, 0.3) is 111 Å². The number of fused-ring (bicyclic) bond motifs is 7. The van der Waals surface area contributed by atoms with Gasteiger partial charge in [-0.1, -0.05) is 66.7 Å². The van der Waals surface area contributed by atoms with Crippen LogP contribution in [0.4, 0.5) is 0 Å². The highest BCUT2D eigenvalue weighted by molar-refractivity contribution is 6.24. The number of aromatic amines is 1. The standard InChI is InChI=1S/C45H28N4O2/c1-49-22-20-27-24-30(17-19-35(27)49)40-39(29-16-18-32-26(23-29)10-8-21-46-32)43(45-47-33-12-4-5-13-34(33)48-45)42(38-25-28-9-2-6-14-36(28)50-38)41-31-11-3-7-15-37(31)51-44(40)41/h2-25H,1H3,(H,47,48). The number of benzene rings is 6. The summed E-state index contributed by atoms with van der Waals surface area (Å²) < 4.78 is 15.9. The molecule has 11 aromatic rings. The summed E-state index contributed by atoms with van der Waals surface area (Å²) in [6.45, 7) is 0. The molecule has 0 saturated carbocycles. The van der Waals surface area contributed by atoms with Crippen LogP contribution in [0.2, 0.25) is 0 Å². The third-order valence-electron chi connectivity index (χ3n) is 10.2. The number of rotatable bonds is 4. The number of nitrogens with one attached hydrogen (secondary N) is 1. The summed E-state index contributed by atoms with van der Waals surface area (Å²) in [5, 5.41) is 5.22. The molecule has 6 heteroatoms. The fourth-order valence-corrected chi connectivity index (χ4v) is 7.85. The van der Waals surface area contributed by atoms with E-state index in [0.717, 1.165) is 111 Å². The molecule has 0 saturated heterocycles. The highest BCUT2D eigenvalue weighted by Gasteiger charge is 2.31. The Morgan fingerprint density at radius 3 is 2.29 bits per heavy atom. The molecule has 51 heavy (non-hydrogen) atoms. The van der Waals surface area contributed by atoms with Crippen LogP contribution in [0, 0.1) is 0 Å². The van der Waals surface area contributed by atoms with E-state index in [1.165, 1.54) is 0 Å². The summed E-state index contributed by atoms with van der Waals surface area (Å²) in [4.78, 5) is 13.7. The van der Waals surface area contributed by atoms with E-state index in [1.807, 2.05) is 60.8 Å². The van der Waals surface area contributed by atoms with Crippen molar-refractivity contribution in [1.29, 1.82) is 0 Å². The van der Waals surface area contributed by atoms with E-state index in [-0.39, 0.29) is 0 Å². The fraction of sp³-hybridized carbons (Fsp3) is 0.0222. The van der Waals surface area contributed by atoms with Gasteiger partial charge in [0.1, 0.15) is 28.3 Å². The molecule has 0 fully saturated rings. The van der Waals surface area contributed by atoms with E-state index < -0.39 is 0 Å². The minimum atomic E-state index is 0.747. The monoisotopic (exact) mass is 656 g/mol. The second-order valence-corrected chi connectivity index (χ2v) is 13.2. The van der Waals surface area contributed by atoms with E-state index >= 15 is 0 Å². The van der Waals surface area contributed by atoms with Crippen LogP contribution >= 0.6 is 0 Å². The van der Waals surface area contributed by atoms with Gasteiger partial charge >= 0.3 is 0 Å². The molecule has 0 unspecified atom stereocenters. The summed E-state index contributed by atoms with van der Waals surface area (Å²) in [5.74, 6) is 1.50. The number of imidazole rings is 1. The maximum Gasteiger partial charge on any atom is 0.144 e. The first-order chi connectivity index (χ1) is 25.2. The lowest BCUT2D eigenvalue weighted by atomic mass is 9.83. The van der Waals surface area contributed by atoms with Crippen molar-refractivity contribution in [1.82, 2.24) is 19.5 Å². The second kappa shape index (κ2) is 10.5. The molecule has 0 amide bonds. The van der Waals surface area contributed by atoms with Crippen molar-refractivity contribution in [3.63, 3.8) is 0 Å². The number of furan rings is 2. The maximum absolute atomic E-state index is 7.00. The molecule has 0 spiro atoms. The van der Waals surface area contributed by atoms with E-state index in [9.17, 15) is 0 Å². The first kappa shape index (κ1) is 28.0. The largest absolute Gasteiger partial charge is 0.456 e. The molecule has 5 heterocycles. The van der Waals surface area contributed by atoms with Crippen LogP contribution < -0.4 is 0 Å². The summed E-state index contributed by atoms with van der Waals surface area (Å²) >= 11 is 0. The van der Waals surface area contributed by atoms with E-state index in [4.69, 9.17) is 13.8 Å². The number of H-pyrrole nitrogens is 1. The number of hydrogen-bond acceptors (Lipinski definition) is 4. The highest BCUT2D eigenvalue weighted by Crippen LogP contribution is 2.54. The average Bonchev–Trinajstić information content (AvgIpc) is 3.97. The zero-order valence-electron chi connectivity index (χ0n) is 27.5. The molecule has 0 radical (unpaired) electrons. The molecule has 0 aliphatic carbocycles. The number of para-hydroxylation sites is 4. The van der Waals surface area contributed by atoms with E-state index in [1.54, 1.807) is 0 Å². The van der Waals surface area contributed by atoms with Crippen molar-refractivity contribution in [3.8, 4) is 45.0 Å². The number of pyridine rings is 1. The number of hydrogen-bond donors (Lipinski definition) is 1. The van der Waals surface area contributed by atoms with Crippen molar-refractivity contribution in [2.24, 2.45) is 7.05 Å². The van der Waals surface area contributed by atoms with Gasteiger partial charge < -0.3 is 18.4 Å². The molecule has 0 aliphatic rings. The fourth-order valence-electron chi connectivity index (χ4n) is 7.85. The smallest absolute Gasteiger partial charge is 0.144 e. The van der Waals surface area contributed by atoms with Crippen molar-refractivity contribution in [2.75, 3.05) is 0 Å². The zero-order valence-corrected chi connectivity index (χ0v) is 27.5. The molecular weight excluding hydrogens is 629 g/mol. The predicted octanol–water partition coefficient (Wildman–Crippen LogP) is 11.9. The van der Waals surface area contributed by atoms with Crippen LogP contribution in [0.3, 0.4) is 0 Å². The van der Waals surface area contributed by atoms with Gasteiger partial charge in [-0.15, -0.1) is 0 Å². The quantitative estimate of drug-likeness (QED) is 0.205. The van der Waals surface area contributed by atoms with Crippen LogP contribution in [-0.2, 0) is 7.05 Å². The lowest BCUT2D eigenvalue weighted by Crippen LogP contribution is -1.97. The predicted molar refractivity (Wildman–Crippen MR) is 207 cm³/mol. The summed E-state index contributed by atoms with van der Waals surface area (Å²) in [7, 11) is 2.08. The van der Waals surface area contributed by atoms with Gasteiger partial charge in [-0.2, -0.15) is 0 Å².